The van der Waals surface area contributed by atoms with Crippen molar-refractivity contribution < 1.29 is 27.5 Å². The van der Waals surface area contributed by atoms with Crippen LogP contribution in [0.25, 0.3) is 0 Å². The van der Waals surface area contributed by atoms with E-state index >= 15 is 0 Å². The normalized spacial score (nSPS) is 11.0. The summed E-state index contributed by atoms with van der Waals surface area (Å²) in [6, 6.07) is 8.12. The third-order valence-electron chi connectivity index (χ3n) is 3.72. The van der Waals surface area contributed by atoms with Crippen LogP contribution in [0.2, 0.25) is 0 Å². The zero-order valence-electron chi connectivity index (χ0n) is 14.9. The lowest BCUT2D eigenvalue weighted by Gasteiger charge is -2.11. The van der Waals surface area contributed by atoms with E-state index in [2.05, 4.69) is 10.6 Å². The van der Waals surface area contributed by atoms with Crippen LogP contribution in [0.3, 0.4) is 0 Å². The summed E-state index contributed by atoms with van der Waals surface area (Å²) in [5.74, 6) is -0.403. The lowest BCUT2D eigenvalue weighted by Crippen LogP contribution is -2.38. The molecule has 2 amide bonds. The van der Waals surface area contributed by atoms with Gasteiger partial charge in [-0.1, -0.05) is 0 Å². The fraction of sp³-hybridized carbons (Fsp3) is 0.278. The molecule has 0 spiro atoms. The van der Waals surface area contributed by atoms with Gasteiger partial charge < -0.3 is 19.9 Å². The first-order chi connectivity index (χ1) is 13.2. The third kappa shape index (κ3) is 5.60. The molecule has 7 nitrogen and oxygen atoms in total. The Morgan fingerprint density at radius 1 is 1.07 bits per heavy atom. The van der Waals surface area contributed by atoms with Crippen LogP contribution in [0.4, 0.5) is 13.2 Å². The van der Waals surface area contributed by atoms with Crippen molar-refractivity contribution in [2.45, 2.75) is 12.7 Å². The summed E-state index contributed by atoms with van der Waals surface area (Å²) in [7, 11) is 1.51. The number of amides is 2. The van der Waals surface area contributed by atoms with Gasteiger partial charge in [0.25, 0.3) is 11.5 Å². The van der Waals surface area contributed by atoms with Gasteiger partial charge in [0.2, 0.25) is 5.91 Å². The molecular formula is C18H18F3N3O4. The summed E-state index contributed by atoms with van der Waals surface area (Å²) in [6.45, 7) is -0.405. The molecule has 0 fully saturated rings. The summed E-state index contributed by atoms with van der Waals surface area (Å²) in [5.41, 5.74) is -2.23. The van der Waals surface area contributed by atoms with Crippen LogP contribution >= 0.6 is 0 Å². The highest BCUT2D eigenvalue weighted by molar-refractivity contribution is 5.94. The van der Waals surface area contributed by atoms with Gasteiger partial charge in [-0.05, 0) is 36.4 Å². The van der Waals surface area contributed by atoms with Gasteiger partial charge in [0.05, 0.1) is 7.11 Å². The first-order valence-corrected chi connectivity index (χ1v) is 8.18. The highest BCUT2D eigenvalue weighted by Crippen LogP contribution is 2.25. The number of rotatable bonds is 7. The zero-order chi connectivity index (χ0) is 20.7. The van der Waals surface area contributed by atoms with Gasteiger partial charge in [-0.3, -0.25) is 14.4 Å². The maximum atomic E-state index is 12.7. The molecule has 0 saturated heterocycles. The van der Waals surface area contributed by atoms with E-state index in [0.29, 0.717) is 21.9 Å². The van der Waals surface area contributed by atoms with E-state index in [1.165, 1.54) is 7.11 Å². The number of aromatic nitrogens is 1. The monoisotopic (exact) mass is 397 g/mol. The molecule has 0 aliphatic carbocycles. The number of benzene rings is 1. The van der Waals surface area contributed by atoms with Gasteiger partial charge in [0, 0.05) is 24.8 Å². The van der Waals surface area contributed by atoms with Gasteiger partial charge in [0.15, 0.2) is 0 Å². The molecule has 0 aliphatic heterocycles. The van der Waals surface area contributed by atoms with Crippen molar-refractivity contribution in [3.63, 3.8) is 0 Å². The number of methoxy groups -OCH3 is 1. The molecule has 2 N–H and O–H groups in total. The van der Waals surface area contributed by atoms with Crippen molar-refractivity contribution in [3.8, 4) is 5.75 Å². The molecule has 1 aromatic carbocycles. The number of hydrogen-bond donors (Lipinski definition) is 2. The Balaban J connectivity index is 1.82. The molecule has 1 aromatic heterocycles. The number of nitrogens with one attached hydrogen (secondary N) is 2. The molecule has 0 aliphatic rings. The summed E-state index contributed by atoms with van der Waals surface area (Å²) in [4.78, 5) is 35.5. The Morgan fingerprint density at radius 2 is 1.71 bits per heavy atom. The second kappa shape index (κ2) is 9.07. The van der Waals surface area contributed by atoms with Crippen LogP contribution in [-0.4, -0.2) is 36.6 Å². The van der Waals surface area contributed by atoms with E-state index in [1.807, 2.05) is 0 Å². The fourth-order valence-corrected chi connectivity index (χ4v) is 2.31. The van der Waals surface area contributed by atoms with Crippen LogP contribution in [-0.2, 0) is 17.5 Å². The SMILES string of the molecule is COc1ccc(C(=O)NCCNC(=O)Cn2cccc(C(F)(F)F)c2=O)cc1. The number of ether oxygens (including phenoxy) is 1. The van der Waals surface area contributed by atoms with E-state index in [4.69, 9.17) is 4.74 Å². The number of carbonyl (C=O) groups excluding carboxylic acids is 2. The minimum Gasteiger partial charge on any atom is -0.497 e. The Hall–Kier alpha value is -3.30. The Kier molecular flexibility index (Phi) is 6.80. The van der Waals surface area contributed by atoms with Crippen molar-refractivity contribution in [1.29, 1.82) is 0 Å². The fourth-order valence-electron chi connectivity index (χ4n) is 2.31. The van der Waals surface area contributed by atoms with Crippen molar-refractivity contribution in [1.82, 2.24) is 15.2 Å². The largest absolute Gasteiger partial charge is 0.497 e. The maximum absolute atomic E-state index is 12.7. The number of hydrogen-bond acceptors (Lipinski definition) is 4. The number of nitrogens with zero attached hydrogens (tertiary/aromatic N) is 1. The molecule has 2 rings (SSSR count). The predicted molar refractivity (Wildman–Crippen MR) is 94.0 cm³/mol. The van der Waals surface area contributed by atoms with Crippen LogP contribution in [0.15, 0.2) is 47.4 Å². The molecule has 0 radical (unpaired) electrons. The first kappa shape index (κ1) is 21.0. The third-order valence-corrected chi connectivity index (χ3v) is 3.72. The summed E-state index contributed by atoms with van der Waals surface area (Å²) in [5, 5.41) is 5.01. The van der Waals surface area contributed by atoms with Crippen LogP contribution < -0.4 is 20.9 Å². The quantitative estimate of drug-likeness (QED) is 0.692. The van der Waals surface area contributed by atoms with Crippen molar-refractivity contribution in [3.05, 3.63) is 64.1 Å². The van der Waals surface area contributed by atoms with E-state index in [1.54, 1.807) is 24.3 Å². The predicted octanol–water partition coefficient (Wildman–Crippen LogP) is 1.42. The highest BCUT2D eigenvalue weighted by atomic mass is 19.4. The van der Waals surface area contributed by atoms with Gasteiger partial charge in [-0.25, -0.2) is 0 Å². The molecule has 0 atom stereocenters. The number of halogens is 3. The van der Waals surface area contributed by atoms with Gasteiger partial charge >= 0.3 is 6.18 Å². The molecule has 28 heavy (non-hydrogen) atoms. The van der Waals surface area contributed by atoms with E-state index in [-0.39, 0.29) is 19.0 Å². The van der Waals surface area contributed by atoms with Gasteiger partial charge in [-0.15, -0.1) is 0 Å². The lowest BCUT2D eigenvalue weighted by molar-refractivity contribution is -0.139. The molecule has 1 heterocycles. The standard InChI is InChI=1S/C18H18F3N3O4/c1-28-13-6-4-12(5-7-13)16(26)23-9-8-22-15(25)11-24-10-2-3-14(17(24)27)18(19,20)21/h2-7,10H,8-9,11H2,1H3,(H,22,25)(H,23,26). The molecule has 150 valence electrons. The average Bonchev–Trinajstić information content (AvgIpc) is 2.66. The molecule has 2 aromatic rings. The Morgan fingerprint density at radius 3 is 2.32 bits per heavy atom. The second-order valence-corrected chi connectivity index (χ2v) is 5.69. The Labute approximate surface area is 158 Å². The van der Waals surface area contributed by atoms with Crippen LogP contribution in [0.5, 0.6) is 5.75 Å². The summed E-state index contributed by atoms with van der Waals surface area (Å²) in [6.07, 6.45) is -3.69. The van der Waals surface area contributed by atoms with Gasteiger partial charge in [0.1, 0.15) is 17.9 Å². The van der Waals surface area contributed by atoms with E-state index in [0.717, 1.165) is 12.3 Å². The highest BCUT2D eigenvalue weighted by Gasteiger charge is 2.34. The molecule has 10 heteroatoms. The summed E-state index contributed by atoms with van der Waals surface area (Å²) < 4.78 is 43.8. The van der Waals surface area contributed by atoms with E-state index in [9.17, 15) is 27.6 Å². The van der Waals surface area contributed by atoms with Crippen LogP contribution in [0.1, 0.15) is 15.9 Å². The number of alkyl halides is 3. The second-order valence-electron chi connectivity index (χ2n) is 5.69. The maximum Gasteiger partial charge on any atom is 0.421 e. The lowest BCUT2D eigenvalue weighted by atomic mass is 10.2. The number of carbonyl (C=O) groups is 2. The average molecular weight is 397 g/mol. The molecule has 0 unspecified atom stereocenters. The van der Waals surface area contributed by atoms with Crippen LogP contribution in [0, 0.1) is 0 Å². The minimum absolute atomic E-state index is 0.0500. The smallest absolute Gasteiger partial charge is 0.421 e. The van der Waals surface area contributed by atoms with Crippen molar-refractivity contribution in [2.24, 2.45) is 0 Å². The molecular weight excluding hydrogens is 379 g/mol. The van der Waals surface area contributed by atoms with Crippen molar-refractivity contribution >= 4 is 11.8 Å². The topological polar surface area (TPSA) is 89.4 Å². The molecule has 0 saturated carbocycles. The minimum atomic E-state index is -4.79. The van der Waals surface area contributed by atoms with E-state index < -0.39 is 29.8 Å². The van der Waals surface area contributed by atoms with Crippen molar-refractivity contribution in [2.75, 3.05) is 20.2 Å². The van der Waals surface area contributed by atoms with Gasteiger partial charge in [-0.2, -0.15) is 13.2 Å². The zero-order valence-corrected chi connectivity index (χ0v) is 14.9. The first-order valence-electron chi connectivity index (χ1n) is 8.18. The number of pyridine rings is 1. The molecule has 0 bridgehead atoms. The summed E-state index contributed by atoms with van der Waals surface area (Å²) >= 11 is 0. The Bertz CT molecular complexity index is 892.